The van der Waals surface area contributed by atoms with Crippen molar-refractivity contribution in [3.63, 3.8) is 0 Å². The van der Waals surface area contributed by atoms with Gasteiger partial charge in [-0.1, -0.05) is 52.1 Å². The van der Waals surface area contributed by atoms with Crippen molar-refractivity contribution in [1.29, 1.82) is 0 Å². The highest BCUT2D eigenvalue weighted by Crippen LogP contribution is 2.46. The molecular formula is C33H41F4N2OP. The number of hydrogen-bond acceptors (Lipinski definition) is 3. The summed E-state index contributed by atoms with van der Waals surface area (Å²) >= 11 is 0. The number of benzene rings is 2. The van der Waals surface area contributed by atoms with Crippen LogP contribution >= 0.6 is 8.15 Å². The first kappa shape index (κ1) is 32.6. The summed E-state index contributed by atoms with van der Waals surface area (Å²) in [4.78, 5) is 2.06. The average Bonchev–Trinajstić information content (AvgIpc) is 2.82. The molecule has 0 saturated heterocycles. The van der Waals surface area contributed by atoms with Crippen LogP contribution in [0.2, 0.25) is 0 Å². The molecule has 1 aliphatic heterocycles. The van der Waals surface area contributed by atoms with Crippen LogP contribution in [0.1, 0.15) is 63.8 Å². The minimum Gasteiger partial charge on any atom is -0.355 e. The van der Waals surface area contributed by atoms with Crippen molar-refractivity contribution in [2.75, 3.05) is 18.9 Å². The zero-order valence-electron chi connectivity index (χ0n) is 24.8. The van der Waals surface area contributed by atoms with Gasteiger partial charge in [0.2, 0.25) is 0 Å². The summed E-state index contributed by atoms with van der Waals surface area (Å²) in [6, 6.07) is 9.54. The first-order chi connectivity index (χ1) is 18.9. The van der Waals surface area contributed by atoms with Crippen LogP contribution < -0.4 is 5.32 Å². The van der Waals surface area contributed by atoms with Crippen LogP contribution in [-0.2, 0) is 17.1 Å². The monoisotopic (exact) mass is 588 g/mol. The number of alkyl halides is 3. The highest BCUT2D eigenvalue weighted by atomic mass is 31.1. The summed E-state index contributed by atoms with van der Waals surface area (Å²) in [5.74, 6) is -0.370. The Bertz CT molecular complexity index is 1280. The SMILES string of the molecule is C=C(NC1=CC(=C)N(CCP(CC(C)(C)C)OC(C)(C)C)C=C1)c1cc(C(F)(F)F)ccc1Cc1ccc(F)cc1. The third-order valence-corrected chi connectivity index (χ3v) is 8.94. The largest absolute Gasteiger partial charge is 0.416 e. The fraction of sp³-hybridized carbons (Fsp3) is 0.394. The smallest absolute Gasteiger partial charge is 0.355 e. The maximum Gasteiger partial charge on any atom is 0.416 e. The third-order valence-electron chi connectivity index (χ3n) is 6.13. The van der Waals surface area contributed by atoms with Gasteiger partial charge in [0.1, 0.15) is 5.82 Å². The van der Waals surface area contributed by atoms with Crippen LogP contribution in [0.25, 0.3) is 5.70 Å². The number of nitrogens with one attached hydrogen (secondary N) is 1. The fourth-order valence-corrected chi connectivity index (χ4v) is 7.00. The highest BCUT2D eigenvalue weighted by molar-refractivity contribution is 7.52. The molecule has 0 fully saturated rings. The van der Waals surface area contributed by atoms with Crippen LogP contribution in [0.5, 0.6) is 0 Å². The molecule has 1 aliphatic rings. The van der Waals surface area contributed by atoms with Crippen molar-refractivity contribution < 1.29 is 22.1 Å². The molecule has 3 nitrogen and oxygen atoms in total. The second-order valence-electron chi connectivity index (χ2n) is 12.5. The Morgan fingerprint density at radius 2 is 1.66 bits per heavy atom. The molecule has 2 aromatic carbocycles. The molecular weight excluding hydrogens is 547 g/mol. The Morgan fingerprint density at radius 1 is 1.00 bits per heavy atom. The van der Waals surface area contributed by atoms with Gasteiger partial charge in [-0.3, -0.25) is 0 Å². The van der Waals surface area contributed by atoms with Gasteiger partial charge in [0.15, 0.2) is 0 Å². The lowest BCUT2D eigenvalue weighted by molar-refractivity contribution is -0.137. The first-order valence-corrected chi connectivity index (χ1v) is 15.2. The van der Waals surface area contributed by atoms with E-state index in [0.29, 0.717) is 28.9 Å². The lowest BCUT2D eigenvalue weighted by Gasteiger charge is -2.34. The Hall–Kier alpha value is -2.89. The first-order valence-electron chi connectivity index (χ1n) is 13.6. The van der Waals surface area contributed by atoms with E-state index in [-0.39, 0.29) is 16.8 Å². The standard InChI is InChI=1S/C33H41F4N2OP/c1-23-19-29(15-16-39(23)17-18-41(22-31(3,4)5)40-32(6,7)8)38-24(2)30-21-27(33(35,36)37)12-11-26(30)20-25-9-13-28(34)14-10-25/h9-16,19,21,38H,1-2,17-18,20,22H2,3-8H3. The van der Waals surface area contributed by atoms with E-state index < -0.39 is 19.9 Å². The van der Waals surface area contributed by atoms with E-state index in [1.165, 1.54) is 18.2 Å². The molecule has 1 N–H and O–H groups in total. The Labute approximate surface area is 243 Å². The predicted molar refractivity (Wildman–Crippen MR) is 163 cm³/mol. The molecule has 0 radical (unpaired) electrons. The normalized spacial score (nSPS) is 15.1. The number of allylic oxidation sites excluding steroid dienone is 2. The molecule has 1 heterocycles. The van der Waals surface area contributed by atoms with Gasteiger partial charge < -0.3 is 14.7 Å². The topological polar surface area (TPSA) is 24.5 Å². The second kappa shape index (κ2) is 13.0. The summed E-state index contributed by atoms with van der Waals surface area (Å²) in [5, 5.41) is 3.17. The lowest BCUT2D eigenvalue weighted by atomic mass is 9.95. The van der Waals surface area contributed by atoms with E-state index in [9.17, 15) is 17.6 Å². The molecule has 3 rings (SSSR count). The Kier molecular flexibility index (Phi) is 10.3. The van der Waals surface area contributed by atoms with Crippen LogP contribution in [0, 0.1) is 11.2 Å². The van der Waals surface area contributed by atoms with Crippen molar-refractivity contribution in [2.24, 2.45) is 5.41 Å². The quantitative estimate of drug-likeness (QED) is 0.221. The molecule has 1 atom stereocenters. The highest BCUT2D eigenvalue weighted by Gasteiger charge is 2.31. The minimum atomic E-state index is -4.49. The Balaban J connectivity index is 1.73. The average molecular weight is 589 g/mol. The van der Waals surface area contributed by atoms with Gasteiger partial charge in [0.05, 0.1) is 11.2 Å². The zero-order valence-corrected chi connectivity index (χ0v) is 25.7. The van der Waals surface area contributed by atoms with Gasteiger partial charge in [-0.15, -0.1) is 0 Å². The summed E-state index contributed by atoms with van der Waals surface area (Å²) in [6.07, 6.45) is 3.35. The van der Waals surface area contributed by atoms with E-state index in [2.05, 4.69) is 64.9 Å². The van der Waals surface area contributed by atoms with Gasteiger partial charge in [-0.2, -0.15) is 13.2 Å². The summed E-state index contributed by atoms with van der Waals surface area (Å²) in [5.41, 5.74) is 2.72. The molecule has 0 spiro atoms. The predicted octanol–water partition coefficient (Wildman–Crippen LogP) is 9.48. The molecule has 0 aromatic heterocycles. The third kappa shape index (κ3) is 10.5. The summed E-state index contributed by atoms with van der Waals surface area (Å²) in [7, 11) is -0.655. The molecule has 0 aliphatic carbocycles. The summed E-state index contributed by atoms with van der Waals surface area (Å²) < 4.78 is 60.5. The van der Waals surface area contributed by atoms with Crippen molar-refractivity contribution >= 4 is 13.8 Å². The molecule has 2 aromatic rings. The van der Waals surface area contributed by atoms with E-state index in [4.69, 9.17) is 4.52 Å². The molecule has 1 unspecified atom stereocenters. The van der Waals surface area contributed by atoms with E-state index in [1.54, 1.807) is 12.1 Å². The van der Waals surface area contributed by atoms with Gasteiger partial charge in [0, 0.05) is 49.7 Å². The van der Waals surface area contributed by atoms with Crippen LogP contribution in [0.15, 0.2) is 85.4 Å². The van der Waals surface area contributed by atoms with E-state index in [0.717, 1.165) is 42.3 Å². The number of halogens is 4. The van der Waals surface area contributed by atoms with Crippen LogP contribution in [0.4, 0.5) is 17.6 Å². The molecule has 0 amide bonds. The van der Waals surface area contributed by atoms with Crippen molar-refractivity contribution in [3.8, 4) is 0 Å². The lowest BCUT2D eigenvalue weighted by Crippen LogP contribution is -2.26. The maximum absolute atomic E-state index is 13.6. The number of nitrogens with zero attached hydrogens (tertiary/aromatic N) is 1. The van der Waals surface area contributed by atoms with E-state index >= 15 is 0 Å². The second-order valence-corrected chi connectivity index (χ2v) is 14.4. The number of rotatable bonds is 10. The minimum absolute atomic E-state index is 0.155. The van der Waals surface area contributed by atoms with Crippen molar-refractivity contribution in [1.82, 2.24) is 10.2 Å². The molecule has 222 valence electrons. The van der Waals surface area contributed by atoms with Gasteiger partial charge in [0.25, 0.3) is 0 Å². The van der Waals surface area contributed by atoms with Crippen LogP contribution in [0.3, 0.4) is 0 Å². The fourth-order valence-electron chi connectivity index (χ4n) is 4.42. The Morgan fingerprint density at radius 3 is 2.22 bits per heavy atom. The maximum atomic E-state index is 13.6. The molecule has 0 bridgehead atoms. The van der Waals surface area contributed by atoms with Gasteiger partial charge in [-0.25, -0.2) is 4.39 Å². The summed E-state index contributed by atoms with van der Waals surface area (Å²) in [6.45, 7) is 21.9. The van der Waals surface area contributed by atoms with Gasteiger partial charge in [-0.05, 0) is 86.3 Å². The van der Waals surface area contributed by atoms with Crippen molar-refractivity contribution in [2.45, 2.75) is 59.7 Å². The van der Waals surface area contributed by atoms with Crippen LogP contribution in [-0.4, -0.2) is 29.4 Å². The number of hydrogen-bond donors (Lipinski definition) is 1. The van der Waals surface area contributed by atoms with Crippen molar-refractivity contribution in [3.05, 3.63) is 113 Å². The molecule has 0 saturated carbocycles. The van der Waals surface area contributed by atoms with E-state index in [1.807, 2.05) is 18.4 Å². The molecule has 8 heteroatoms. The zero-order chi connectivity index (χ0) is 30.6. The molecule has 41 heavy (non-hydrogen) atoms. The van der Waals surface area contributed by atoms with Gasteiger partial charge >= 0.3 is 6.18 Å².